The molecule has 0 aliphatic heterocycles. The molecule has 0 aliphatic rings. The van der Waals surface area contributed by atoms with Gasteiger partial charge in [0, 0.05) is 27.1 Å². The first-order valence-electron chi connectivity index (χ1n) is 5.38. The van der Waals surface area contributed by atoms with E-state index in [0.29, 0.717) is 11.5 Å². The fourth-order valence-electron chi connectivity index (χ4n) is 1.48. The van der Waals surface area contributed by atoms with Gasteiger partial charge in [-0.25, -0.2) is 4.98 Å². The maximum absolute atomic E-state index is 11.4. The Morgan fingerprint density at radius 2 is 2.06 bits per heavy atom. The predicted molar refractivity (Wildman–Crippen MR) is 66.4 cm³/mol. The van der Waals surface area contributed by atoms with Crippen molar-refractivity contribution >= 4 is 22.3 Å². The predicted octanol–water partition coefficient (Wildman–Crippen LogP) is 2.34. The number of carbonyl (C=O) groups is 1. The Bertz CT molecular complexity index is 359. The third-order valence-corrected chi connectivity index (χ3v) is 3.58. The van der Waals surface area contributed by atoms with Crippen molar-refractivity contribution in [1.82, 2.24) is 4.98 Å². The fourth-order valence-corrected chi connectivity index (χ4v) is 2.57. The zero-order valence-electron chi connectivity index (χ0n) is 10.2. The first-order chi connectivity index (χ1) is 7.63. The average Bonchev–Trinajstić information content (AvgIpc) is 2.65. The van der Waals surface area contributed by atoms with Gasteiger partial charge in [0.15, 0.2) is 10.9 Å². The van der Waals surface area contributed by atoms with Gasteiger partial charge in [-0.1, -0.05) is 11.3 Å². The molecule has 4 nitrogen and oxygen atoms in total. The maximum Gasteiger partial charge on any atom is 0.186 e. The molecule has 1 aromatic heterocycles. The number of methoxy groups -OCH3 is 1. The third kappa shape index (κ3) is 2.80. The Hall–Kier alpha value is -0.940. The van der Waals surface area contributed by atoms with Gasteiger partial charge in [0.25, 0.3) is 0 Å². The highest BCUT2D eigenvalue weighted by Crippen LogP contribution is 2.27. The highest BCUT2D eigenvalue weighted by molar-refractivity contribution is 7.17. The number of thiazole rings is 1. The van der Waals surface area contributed by atoms with E-state index >= 15 is 0 Å². The van der Waals surface area contributed by atoms with Crippen LogP contribution in [0.3, 0.4) is 0 Å². The zero-order valence-corrected chi connectivity index (χ0v) is 11.1. The van der Waals surface area contributed by atoms with Gasteiger partial charge in [0.2, 0.25) is 0 Å². The summed E-state index contributed by atoms with van der Waals surface area (Å²) in [5.74, 6) is 0.0583. The largest absolute Gasteiger partial charge is 0.378 e. The summed E-state index contributed by atoms with van der Waals surface area (Å²) in [5, 5.41) is 0.905. The van der Waals surface area contributed by atoms with Gasteiger partial charge in [-0.15, -0.1) is 0 Å². The number of anilines is 1. The molecule has 0 fully saturated rings. The molecule has 5 heteroatoms. The van der Waals surface area contributed by atoms with Crippen LogP contribution in [0.1, 0.15) is 36.1 Å². The van der Waals surface area contributed by atoms with Gasteiger partial charge in [0.05, 0.1) is 17.2 Å². The Kier molecular flexibility index (Phi) is 4.89. The van der Waals surface area contributed by atoms with E-state index in [1.807, 2.05) is 0 Å². The van der Waals surface area contributed by atoms with Crippen LogP contribution in [-0.4, -0.2) is 31.0 Å². The van der Waals surface area contributed by atoms with Crippen molar-refractivity contribution in [2.45, 2.75) is 27.4 Å². The minimum atomic E-state index is 0.0583. The summed E-state index contributed by atoms with van der Waals surface area (Å²) in [6.45, 7) is 7.91. The number of hydrogen-bond acceptors (Lipinski definition) is 5. The molecule has 0 spiro atoms. The summed E-state index contributed by atoms with van der Waals surface area (Å²) in [4.78, 5) is 18.8. The highest BCUT2D eigenvalue weighted by Gasteiger charge is 2.17. The molecule has 0 saturated heterocycles. The topological polar surface area (TPSA) is 42.4 Å². The smallest absolute Gasteiger partial charge is 0.186 e. The number of Topliss-reactive ketones (excluding diaryl/α,β-unsaturated/α-hetero) is 1. The number of ether oxygens (including phenoxy) is 1. The first-order valence-corrected chi connectivity index (χ1v) is 6.20. The second-order valence-corrected chi connectivity index (χ2v) is 4.41. The summed E-state index contributed by atoms with van der Waals surface area (Å²) in [5.41, 5.74) is 0.752. The molecule has 90 valence electrons. The molecule has 1 rings (SSSR count). The minimum Gasteiger partial charge on any atom is -0.378 e. The van der Waals surface area contributed by atoms with E-state index < -0.39 is 0 Å². The van der Waals surface area contributed by atoms with E-state index in [4.69, 9.17) is 4.74 Å². The number of ketones is 1. The summed E-state index contributed by atoms with van der Waals surface area (Å²) in [6.07, 6.45) is 0. The lowest BCUT2D eigenvalue weighted by atomic mass is 10.3. The average molecular weight is 242 g/mol. The van der Waals surface area contributed by atoms with Crippen molar-refractivity contribution in [2.75, 3.05) is 25.1 Å². The van der Waals surface area contributed by atoms with Crippen LogP contribution in [0.4, 0.5) is 5.13 Å². The van der Waals surface area contributed by atoms with Crippen LogP contribution in [0, 0.1) is 0 Å². The van der Waals surface area contributed by atoms with Crippen LogP contribution >= 0.6 is 11.3 Å². The Balaban J connectivity index is 3.04. The lowest BCUT2D eigenvalue weighted by molar-refractivity contribution is 0.101. The van der Waals surface area contributed by atoms with E-state index in [9.17, 15) is 4.79 Å². The number of aromatic nitrogens is 1. The number of hydrogen-bond donors (Lipinski definition) is 0. The molecule has 0 N–H and O–H groups in total. The van der Waals surface area contributed by atoms with E-state index in [-0.39, 0.29) is 5.78 Å². The molecular weight excluding hydrogens is 224 g/mol. The normalized spacial score (nSPS) is 10.5. The number of carbonyl (C=O) groups excluding carboxylic acids is 1. The second kappa shape index (κ2) is 5.96. The van der Waals surface area contributed by atoms with Crippen molar-refractivity contribution in [1.29, 1.82) is 0 Å². The molecular formula is C11H18N2O2S. The van der Waals surface area contributed by atoms with Gasteiger partial charge in [-0.2, -0.15) is 0 Å². The van der Waals surface area contributed by atoms with Gasteiger partial charge in [-0.05, 0) is 13.8 Å². The third-order valence-electron chi connectivity index (χ3n) is 2.32. The van der Waals surface area contributed by atoms with Crippen LogP contribution in [0.15, 0.2) is 0 Å². The van der Waals surface area contributed by atoms with Crippen LogP contribution in [-0.2, 0) is 11.3 Å². The molecule has 16 heavy (non-hydrogen) atoms. The standard InChI is InChI=1S/C11H18N2O2S/c1-5-13(6-2)11-12-9(7-15-4)10(16-11)8(3)14/h5-7H2,1-4H3. The summed E-state index contributed by atoms with van der Waals surface area (Å²) >= 11 is 1.45. The highest BCUT2D eigenvalue weighted by atomic mass is 32.1. The molecule has 0 unspecified atom stereocenters. The molecule has 1 heterocycles. The van der Waals surface area contributed by atoms with Gasteiger partial charge < -0.3 is 9.64 Å². The van der Waals surface area contributed by atoms with Crippen molar-refractivity contribution in [3.63, 3.8) is 0 Å². The molecule has 1 aromatic rings. The van der Waals surface area contributed by atoms with E-state index in [2.05, 4.69) is 23.7 Å². The number of rotatable bonds is 6. The van der Waals surface area contributed by atoms with Gasteiger partial charge in [-0.3, -0.25) is 4.79 Å². The lowest BCUT2D eigenvalue weighted by Gasteiger charge is -2.16. The van der Waals surface area contributed by atoms with Crippen LogP contribution in [0.5, 0.6) is 0 Å². The van der Waals surface area contributed by atoms with Gasteiger partial charge >= 0.3 is 0 Å². The second-order valence-electron chi connectivity index (χ2n) is 3.43. The fraction of sp³-hybridized carbons (Fsp3) is 0.636. The van der Waals surface area contributed by atoms with E-state index in [0.717, 1.165) is 23.9 Å². The van der Waals surface area contributed by atoms with Crippen LogP contribution in [0.2, 0.25) is 0 Å². The summed E-state index contributed by atoms with van der Waals surface area (Å²) in [6, 6.07) is 0. The Labute approximate surface area is 100 Å². The molecule has 0 amide bonds. The van der Waals surface area contributed by atoms with Crippen molar-refractivity contribution < 1.29 is 9.53 Å². The Morgan fingerprint density at radius 3 is 2.50 bits per heavy atom. The van der Waals surface area contributed by atoms with Crippen LogP contribution < -0.4 is 4.90 Å². The van der Waals surface area contributed by atoms with Crippen LogP contribution in [0.25, 0.3) is 0 Å². The zero-order chi connectivity index (χ0) is 12.1. The minimum absolute atomic E-state index is 0.0583. The molecule has 0 saturated carbocycles. The van der Waals surface area contributed by atoms with Crippen molar-refractivity contribution in [3.05, 3.63) is 10.6 Å². The van der Waals surface area contributed by atoms with E-state index in [1.54, 1.807) is 14.0 Å². The quantitative estimate of drug-likeness (QED) is 0.718. The number of nitrogens with zero attached hydrogens (tertiary/aromatic N) is 2. The Morgan fingerprint density at radius 1 is 1.44 bits per heavy atom. The van der Waals surface area contributed by atoms with E-state index in [1.165, 1.54) is 11.3 Å². The molecule has 0 aliphatic carbocycles. The molecule has 0 bridgehead atoms. The first kappa shape index (κ1) is 13.1. The molecule has 0 atom stereocenters. The summed E-state index contributed by atoms with van der Waals surface area (Å²) < 4.78 is 5.05. The maximum atomic E-state index is 11.4. The monoisotopic (exact) mass is 242 g/mol. The molecule has 0 aromatic carbocycles. The molecule has 0 radical (unpaired) electrons. The SMILES string of the molecule is CCN(CC)c1nc(COC)c(C(C)=O)s1. The van der Waals surface area contributed by atoms with Gasteiger partial charge in [0.1, 0.15) is 0 Å². The summed E-state index contributed by atoms with van der Waals surface area (Å²) in [7, 11) is 1.61. The van der Waals surface area contributed by atoms with Crippen molar-refractivity contribution in [2.24, 2.45) is 0 Å². The lowest BCUT2D eigenvalue weighted by Crippen LogP contribution is -2.21. The van der Waals surface area contributed by atoms with Crippen molar-refractivity contribution in [3.8, 4) is 0 Å².